The van der Waals surface area contributed by atoms with Gasteiger partial charge in [-0.2, -0.15) is 13.2 Å². The lowest BCUT2D eigenvalue weighted by Crippen LogP contribution is -2.43. The van der Waals surface area contributed by atoms with Gasteiger partial charge in [-0.25, -0.2) is 4.79 Å². The van der Waals surface area contributed by atoms with Crippen LogP contribution in [-0.4, -0.2) is 218 Å². The average Bonchev–Trinajstić information content (AvgIpc) is 3.19. The molecule has 0 unspecified atom stereocenters. The number of amides is 3. The summed E-state index contributed by atoms with van der Waals surface area (Å²) in [5.41, 5.74) is 16.1. The molecule has 0 saturated heterocycles. The van der Waals surface area contributed by atoms with Crippen molar-refractivity contribution in [2.24, 2.45) is 17.2 Å². The number of rotatable bonds is 42. The molecule has 59 heavy (non-hydrogen) atoms. The molecule has 24 heteroatoms. The summed E-state index contributed by atoms with van der Waals surface area (Å²) in [7, 11) is 0. The van der Waals surface area contributed by atoms with Gasteiger partial charge in [-0.1, -0.05) is 0 Å². The van der Waals surface area contributed by atoms with Crippen LogP contribution in [0.3, 0.4) is 0 Å². The Hall–Kier alpha value is -2.85. The van der Waals surface area contributed by atoms with Gasteiger partial charge in [-0.15, -0.1) is 0 Å². The molecule has 350 valence electrons. The van der Waals surface area contributed by atoms with Crippen LogP contribution >= 0.6 is 0 Å². The predicted molar refractivity (Wildman–Crippen MR) is 208 cm³/mol. The number of nitrogens with zero attached hydrogens (tertiary/aromatic N) is 1. The number of aliphatic carboxylic acids is 1. The Morgan fingerprint density at radius 1 is 0.424 bits per heavy atom. The molecular weight excluding hydrogens is 799 g/mol. The molecule has 3 amide bonds. The fraction of sp³-hybridized carbons (Fsp3) is 0.886. The minimum Gasteiger partial charge on any atom is -0.475 e. The number of carbonyl (C=O) groups is 4. The monoisotopic (exact) mass is 869 g/mol. The molecule has 0 atom stereocenters. The summed E-state index contributed by atoms with van der Waals surface area (Å²) in [5.74, 6) is -3.15. The summed E-state index contributed by atoms with van der Waals surface area (Å²) in [6.45, 7) is 11.8. The maximum atomic E-state index is 12.3. The fourth-order valence-electron chi connectivity index (χ4n) is 4.03. The molecule has 0 aliphatic heterocycles. The molecule has 0 heterocycles. The maximum absolute atomic E-state index is 12.3. The molecular formula is C35H70F3N7O14. The second-order valence-electron chi connectivity index (χ2n) is 11.8. The van der Waals surface area contributed by atoms with E-state index < -0.39 is 12.1 Å². The summed E-state index contributed by atoms with van der Waals surface area (Å²) >= 11 is 0. The Bertz CT molecular complexity index is 899. The molecule has 0 aromatic rings. The van der Waals surface area contributed by atoms with E-state index in [0.29, 0.717) is 158 Å². The number of carbonyl (C=O) groups excluding carboxylic acids is 3. The third-order valence-corrected chi connectivity index (χ3v) is 6.93. The van der Waals surface area contributed by atoms with E-state index in [9.17, 15) is 27.6 Å². The lowest BCUT2D eigenvalue weighted by Gasteiger charge is -2.23. The van der Waals surface area contributed by atoms with Crippen LogP contribution in [0.2, 0.25) is 0 Å². The molecule has 0 aliphatic rings. The van der Waals surface area contributed by atoms with Gasteiger partial charge in [0, 0.05) is 78.2 Å². The molecule has 0 fully saturated rings. The summed E-state index contributed by atoms with van der Waals surface area (Å²) in [6, 6.07) is 0. The van der Waals surface area contributed by atoms with Crippen LogP contribution in [0.5, 0.6) is 0 Å². The number of hydrogen-bond donors (Lipinski definition) is 7. The first kappa shape index (κ1) is 58.2. The molecule has 0 radical (unpaired) electrons. The zero-order valence-electron chi connectivity index (χ0n) is 34.3. The lowest BCUT2D eigenvalue weighted by molar-refractivity contribution is -0.192. The normalized spacial score (nSPS) is 11.3. The fourth-order valence-corrected chi connectivity index (χ4v) is 4.03. The molecule has 21 nitrogen and oxygen atoms in total. The van der Waals surface area contributed by atoms with Gasteiger partial charge in [0.2, 0.25) is 17.7 Å². The topological polar surface area (TPSA) is 289 Å². The first-order chi connectivity index (χ1) is 28.5. The van der Waals surface area contributed by atoms with E-state index in [1.807, 2.05) is 0 Å². The highest BCUT2D eigenvalue weighted by Gasteiger charge is 2.38. The van der Waals surface area contributed by atoms with Crippen LogP contribution in [0.15, 0.2) is 0 Å². The molecule has 0 saturated carbocycles. The van der Waals surface area contributed by atoms with Crippen molar-refractivity contribution in [3.63, 3.8) is 0 Å². The van der Waals surface area contributed by atoms with Crippen LogP contribution in [-0.2, 0) is 61.8 Å². The van der Waals surface area contributed by atoms with Crippen LogP contribution in [0, 0.1) is 0 Å². The lowest BCUT2D eigenvalue weighted by atomic mass is 10.3. The Labute approximate surface area is 345 Å². The maximum Gasteiger partial charge on any atom is 0.490 e. The summed E-state index contributed by atoms with van der Waals surface area (Å²) in [4.78, 5) is 47.9. The van der Waals surface area contributed by atoms with E-state index in [0.717, 1.165) is 0 Å². The second kappa shape index (κ2) is 44.7. The third kappa shape index (κ3) is 47.7. The number of carboxylic acids is 1. The zero-order valence-corrected chi connectivity index (χ0v) is 34.3. The molecule has 0 aliphatic carbocycles. The third-order valence-electron chi connectivity index (χ3n) is 6.93. The number of nitrogens with two attached hydrogens (primary N) is 3. The summed E-state index contributed by atoms with van der Waals surface area (Å²) < 4.78 is 80.0. The highest BCUT2D eigenvalue weighted by atomic mass is 19.4. The Morgan fingerprint density at radius 3 is 0.831 bits per heavy atom. The molecule has 10 N–H and O–H groups in total. The van der Waals surface area contributed by atoms with Gasteiger partial charge in [0.15, 0.2) is 0 Å². The van der Waals surface area contributed by atoms with Crippen molar-refractivity contribution in [3.8, 4) is 0 Å². The van der Waals surface area contributed by atoms with Crippen LogP contribution < -0.4 is 33.2 Å². The molecule has 0 spiro atoms. The van der Waals surface area contributed by atoms with E-state index in [1.165, 1.54) is 0 Å². The van der Waals surface area contributed by atoms with Crippen molar-refractivity contribution in [2.75, 3.05) is 178 Å². The van der Waals surface area contributed by atoms with Gasteiger partial charge in [0.05, 0.1) is 119 Å². The first-order valence-electron chi connectivity index (χ1n) is 19.6. The highest BCUT2D eigenvalue weighted by Crippen LogP contribution is 2.13. The van der Waals surface area contributed by atoms with Crippen LogP contribution in [0.4, 0.5) is 13.2 Å². The summed E-state index contributed by atoms with van der Waals surface area (Å²) in [5, 5.41) is 15.8. The Kier molecular flexibility index (Phi) is 44.1. The molecule has 0 bridgehead atoms. The minimum atomic E-state index is -5.08. The summed E-state index contributed by atoms with van der Waals surface area (Å²) in [6.07, 6.45) is -4.42. The SMILES string of the molecule is NCCOCCOCCOCCC(=O)NCCN(CCNC(=O)CCOCCOCCOCCN)CCNC(=O)CCOCCOCCOCCN.O=C(O)C(F)(F)F. The van der Waals surface area contributed by atoms with E-state index >= 15 is 0 Å². The van der Waals surface area contributed by atoms with Crippen molar-refractivity contribution in [1.82, 2.24) is 20.9 Å². The average molecular weight is 870 g/mol. The van der Waals surface area contributed by atoms with Crippen molar-refractivity contribution in [2.45, 2.75) is 25.4 Å². The highest BCUT2D eigenvalue weighted by molar-refractivity contribution is 5.76. The predicted octanol–water partition coefficient (Wildman–Crippen LogP) is -2.53. The van der Waals surface area contributed by atoms with E-state index in [-0.39, 0.29) is 56.8 Å². The van der Waals surface area contributed by atoms with Gasteiger partial charge in [0.1, 0.15) is 0 Å². The van der Waals surface area contributed by atoms with Gasteiger partial charge in [0.25, 0.3) is 0 Å². The standard InChI is InChI=1S/C33H69N7O12.C2HF3O2/c34-4-16-47-22-28-50-25-19-44-13-1-31(41)37-7-10-40(11-8-38-32(42)2-14-45-20-26-51-29-23-48-17-5-35)12-9-39-33(43)3-15-46-21-27-52-30-24-49-18-6-36;3-2(4,5)1(6)7/h1-30,34-36H2,(H,37,41)(H,38,42)(H,39,43);(H,6,7). The van der Waals surface area contributed by atoms with E-state index in [1.54, 1.807) is 0 Å². The van der Waals surface area contributed by atoms with Gasteiger partial charge < -0.3 is 80.9 Å². The van der Waals surface area contributed by atoms with Crippen molar-refractivity contribution >= 4 is 23.7 Å². The van der Waals surface area contributed by atoms with Crippen molar-refractivity contribution in [1.29, 1.82) is 0 Å². The van der Waals surface area contributed by atoms with E-state index in [4.69, 9.17) is 69.7 Å². The zero-order chi connectivity index (χ0) is 44.1. The largest absolute Gasteiger partial charge is 0.490 e. The molecule has 0 aromatic heterocycles. The smallest absolute Gasteiger partial charge is 0.475 e. The quantitative estimate of drug-likeness (QED) is 0.0311. The van der Waals surface area contributed by atoms with Crippen LogP contribution in [0.1, 0.15) is 19.3 Å². The molecule has 0 rings (SSSR count). The Balaban J connectivity index is 0. The van der Waals surface area contributed by atoms with Crippen molar-refractivity contribution in [3.05, 3.63) is 0 Å². The van der Waals surface area contributed by atoms with Gasteiger partial charge in [-0.05, 0) is 0 Å². The second-order valence-corrected chi connectivity index (χ2v) is 11.8. The minimum absolute atomic E-state index is 0.131. The van der Waals surface area contributed by atoms with Crippen LogP contribution in [0.25, 0.3) is 0 Å². The number of carboxylic acid groups (broad SMARTS) is 1. The Morgan fingerprint density at radius 2 is 0.627 bits per heavy atom. The number of halogens is 3. The number of hydrogen-bond acceptors (Lipinski definition) is 17. The van der Waals surface area contributed by atoms with E-state index in [2.05, 4.69) is 20.9 Å². The van der Waals surface area contributed by atoms with Gasteiger partial charge >= 0.3 is 12.1 Å². The number of nitrogens with one attached hydrogen (secondary N) is 3. The number of alkyl halides is 3. The first-order valence-corrected chi connectivity index (χ1v) is 19.6. The molecule has 0 aromatic carbocycles. The van der Waals surface area contributed by atoms with Crippen molar-refractivity contribution < 1.29 is 80.1 Å². The van der Waals surface area contributed by atoms with Gasteiger partial charge in [-0.3, -0.25) is 19.3 Å². The number of ether oxygens (including phenoxy) is 9.